The van der Waals surface area contributed by atoms with Crippen molar-refractivity contribution in [3.63, 3.8) is 0 Å². The molecule has 0 heterocycles. The zero-order valence-electron chi connectivity index (χ0n) is 15.4. The van der Waals surface area contributed by atoms with Crippen LogP contribution >= 0.6 is 24.0 Å². The molecule has 0 aliphatic carbocycles. The quantitative estimate of drug-likeness (QED) is 0.488. The molecule has 0 bridgehead atoms. The Morgan fingerprint density at radius 1 is 1.19 bits per heavy atom. The van der Waals surface area contributed by atoms with E-state index in [0.29, 0.717) is 28.3 Å². The molecular formula is C19H23F2N3OS2. The number of anilines is 1. The molecule has 0 aromatic heterocycles. The fraction of sp³-hybridized carbons (Fsp3) is 0.316. The summed E-state index contributed by atoms with van der Waals surface area (Å²) in [5, 5.41) is 6.75. The van der Waals surface area contributed by atoms with Gasteiger partial charge in [0.2, 0.25) is 0 Å². The first-order valence-electron chi connectivity index (χ1n) is 8.29. The highest BCUT2D eigenvalue weighted by Gasteiger charge is 2.15. The topological polar surface area (TPSA) is 36.5 Å². The summed E-state index contributed by atoms with van der Waals surface area (Å²) in [5.41, 5.74) is 1.86. The highest BCUT2D eigenvalue weighted by Crippen LogP contribution is 2.26. The lowest BCUT2D eigenvalue weighted by Gasteiger charge is -2.26. The number of hydrogen-bond acceptors (Lipinski definition) is 4. The van der Waals surface area contributed by atoms with E-state index in [-0.39, 0.29) is 6.04 Å². The number of alkyl halides is 2. The van der Waals surface area contributed by atoms with Crippen molar-refractivity contribution in [3.05, 3.63) is 54.1 Å². The van der Waals surface area contributed by atoms with Crippen molar-refractivity contribution in [1.82, 2.24) is 10.2 Å². The Hall–Kier alpha value is -1.90. The monoisotopic (exact) mass is 411 g/mol. The lowest BCUT2D eigenvalue weighted by atomic mass is 10.1. The zero-order valence-corrected chi connectivity index (χ0v) is 17.0. The molecule has 27 heavy (non-hydrogen) atoms. The molecule has 0 amide bonds. The molecule has 0 aliphatic rings. The van der Waals surface area contributed by atoms with Gasteiger partial charge in [-0.2, -0.15) is 8.78 Å². The van der Waals surface area contributed by atoms with Crippen LogP contribution in [0.25, 0.3) is 0 Å². The van der Waals surface area contributed by atoms with Crippen LogP contribution in [0.3, 0.4) is 0 Å². The van der Waals surface area contributed by atoms with Gasteiger partial charge in [-0.15, -0.1) is 0 Å². The van der Waals surface area contributed by atoms with Crippen molar-refractivity contribution < 1.29 is 13.5 Å². The van der Waals surface area contributed by atoms with Crippen molar-refractivity contribution in [1.29, 1.82) is 0 Å². The number of nitrogens with one attached hydrogen (secondary N) is 2. The molecule has 2 N–H and O–H groups in total. The number of nitrogens with zero attached hydrogens (tertiary/aromatic N) is 1. The molecule has 0 unspecified atom stereocenters. The molecule has 0 spiro atoms. The van der Waals surface area contributed by atoms with E-state index in [1.165, 1.54) is 0 Å². The maximum Gasteiger partial charge on any atom is 0.288 e. The summed E-state index contributed by atoms with van der Waals surface area (Å²) in [7, 11) is 5.65. The Kier molecular flexibility index (Phi) is 8.27. The average molecular weight is 412 g/mol. The van der Waals surface area contributed by atoms with Crippen LogP contribution < -0.4 is 15.4 Å². The van der Waals surface area contributed by atoms with Gasteiger partial charge in [0.05, 0.1) is 13.2 Å². The summed E-state index contributed by atoms with van der Waals surface area (Å²) in [5.74, 6) is -1.62. The van der Waals surface area contributed by atoms with Gasteiger partial charge in [0.15, 0.2) is 5.11 Å². The van der Waals surface area contributed by atoms with E-state index < -0.39 is 5.76 Å². The van der Waals surface area contributed by atoms with Crippen molar-refractivity contribution in [2.24, 2.45) is 0 Å². The molecule has 8 heteroatoms. The van der Waals surface area contributed by atoms with E-state index in [9.17, 15) is 8.78 Å². The van der Waals surface area contributed by atoms with Crippen LogP contribution in [0.15, 0.2) is 53.4 Å². The van der Waals surface area contributed by atoms with E-state index in [2.05, 4.69) is 15.5 Å². The van der Waals surface area contributed by atoms with E-state index in [1.807, 2.05) is 38.4 Å². The third-order valence-corrected chi connectivity index (χ3v) is 4.86. The smallest absolute Gasteiger partial charge is 0.288 e. The molecule has 146 valence electrons. The van der Waals surface area contributed by atoms with Gasteiger partial charge in [0, 0.05) is 17.1 Å². The van der Waals surface area contributed by atoms with E-state index in [0.717, 1.165) is 17.0 Å². The number of halogens is 2. The van der Waals surface area contributed by atoms with Gasteiger partial charge in [0.25, 0.3) is 5.76 Å². The second-order valence-electron chi connectivity index (χ2n) is 5.99. The van der Waals surface area contributed by atoms with Crippen LogP contribution in [-0.4, -0.2) is 43.5 Å². The van der Waals surface area contributed by atoms with Gasteiger partial charge in [0.1, 0.15) is 5.75 Å². The second kappa shape index (κ2) is 10.4. The summed E-state index contributed by atoms with van der Waals surface area (Å²) in [6.45, 7) is 0.602. The first-order chi connectivity index (χ1) is 12.9. The summed E-state index contributed by atoms with van der Waals surface area (Å²) in [6.07, 6.45) is 0. The van der Waals surface area contributed by atoms with E-state index >= 15 is 0 Å². The Labute approximate surface area is 168 Å². The zero-order chi connectivity index (χ0) is 19.8. The Balaban J connectivity index is 1.93. The number of benzene rings is 2. The SMILES string of the molecule is COc1cccc([C@@H](CNC(=S)Nc2ccc(SC(F)F)cc2)N(C)C)c1. The van der Waals surface area contributed by atoms with Gasteiger partial charge in [-0.05, 0) is 68.3 Å². The van der Waals surface area contributed by atoms with Gasteiger partial charge in [-0.3, -0.25) is 0 Å². The minimum atomic E-state index is -2.42. The third kappa shape index (κ3) is 6.97. The minimum absolute atomic E-state index is 0.102. The molecule has 0 radical (unpaired) electrons. The molecule has 2 aromatic carbocycles. The Morgan fingerprint density at radius 2 is 1.89 bits per heavy atom. The first kappa shape index (κ1) is 21.4. The molecule has 4 nitrogen and oxygen atoms in total. The van der Waals surface area contributed by atoms with E-state index in [4.69, 9.17) is 17.0 Å². The maximum atomic E-state index is 12.4. The highest BCUT2D eigenvalue weighted by molar-refractivity contribution is 7.99. The Morgan fingerprint density at radius 3 is 2.48 bits per heavy atom. The lowest BCUT2D eigenvalue weighted by Crippen LogP contribution is -2.36. The normalized spacial score (nSPS) is 12.1. The van der Waals surface area contributed by atoms with Gasteiger partial charge in [-0.25, -0.2) is 0 Å². The number of methoxy groups -OCH3 is 1. The van der Waals surface area contributed by atoms with Crippen LogP contribution in [0.1, 0.15) is 11.6 Å². The number of thiocarbonyl (C=S) groups is 1. The molecule has 0 saturated heterocycles. The fourth-order valence-corrected chi connectivity index (χ4v) is 3.23. The molecule has 0 aliphatic heterocycles. The highest BCUT2D eigenvalue weighted by atomic mass is 32.2. The van der Waals surface area contributed by atoms with Crippen molar-refractivity contribution in [2.75, 3.05) is 33.1 Å². The predicted molar refractivity (Wildman–Crippen MR) is 112 cm³/mol. The van der Waals surface area contributed by atoms with Crippen molar-refractivity contribution >= 4 is 34.8 Å². The van der Waals surface area contributed by atoms with Crippen molar-refractivity contribution in [2.45, 2.75) is 16.7 Å². The van der Waals surface area contributed by atoms with Crippen molar-refractivity contribution in [3.8, 4) is 5.75 Å². The molecular weight excluding hydrogens is 388 g/mol. The summed E-state index contributed by atoms with van der Waals surface area (Å²) in [4.78, 5) is 2.61. The number of likely N-dealkylation sites (N-methyl/N-ethyl adjacent to an activating group) is 1. The minimum Gasteiger partial charge on any atom is -0.497 e. The van der Waals surface area contributed by atoms with Crippen LogP contribution in [0.2, 0.25) is 0 Å². The van der Waals surface area contributed by atoms with Crippen LogP contribution in [0.4, 0.5) is 14.5 Å². The number of hydrogen-bond donors (Lipinski definition) is 2. The molecule has 0 saturated carbocycles. The molecule has 2 aromatic rings. The summed E-state index contributed by atoms with van der Waals surface area (Å²) in [6, 6.07) is 14.7. The van der Waals surface area contributed by atoms with Gasteiger partial charge >= 0.3 is 0 Å². The van der Waals surface area contributed by atoms with Crippen LogP contribution in [-0.2, 0) is 0 Å². The maximum absolute atomic E-state index is 12.4. The lowest BCUT2D eigenvalue weighted by molar-refractivity contribution is 0.252. The first-order valence-corrected chi connectivity index (χ1v) is 9.58. The van der Waals surface area contributed by atoms with Crippen LogP contribution in [0.5, 0.6) is 5.75 Å². The largest absolute Gasteiger partial charge is 0.497 e. The second-order valence-corrected chi connectivity index (χ2v) is 7.47. The number of thioether (sulfide) groups is 1. The Bertz CT molecular complexity index is 742. The predicted octanol–water partition coefficient (Wildman–Crippen LogP) is 4.60. The summed E-state index contributed by atoms with van der Waals surface area (Å²) < 4.78 is 30.0. The molecule has 1 atom stereocenters. The fourth-order valence-electron chi connectivity index (χ4n) is 2.53. The van der Waals surface area contributed by atoms with Gasteiger partial charge < -0.3 is 20.3 Å². The van der Waals surface area contributed by atoms with Crippen LogP contribution in [0, 0.1) is 0 Å². The molecule has 2 rings (SSSR count). The standard InChI is InChI=1S/C19H23F2N3OS2/c1-24(2)17(13-5-4-6-15(11-13)25-3)12-22-19(26)23-14-7-9-16(10-8-14)27-18(20)21/h4-11,17-18H,12H2,1-3H3,(H2,22,23,26)/t17-/m1/s1. The average Bonchev–Trinajstić information content (AvgIpc) is 2.63. The summed E-state index contributed by atoms with van der Waals surface area (Å²) >= 11 is 5.87. The number of rotatable bonds is 8. The molecule has 0 fully saturated rings. The third-order valence-electron chi connectivity index (χ3n) is 3.90. The number of ether oxygens (including phenoxy) is 1. The van der Waals surface area contributed by atoms with E-state index in [1.54, 1.807) is 31.4 Å². The van der Waals surface area contributed by atoms with Gasteiger partial charge in [-0.1, -0.05) is 23.9 Å².